The second-order valence-electron chi connectivity index (χ2n) is 13.0. The van der Waals surface area contributed by atoms with Gasteiger partial charge in [-0.15, -0.1) is 0 Å². The van der Waals surface area contributed by atoms with Crippen molar-refractivity contribution in [3.05, 3.63) is 85.1 Å². The van der Waals surface area contributed by atoms with E-state index in [0.717, 1.165) is 89.9 Å². The van der Waals surface area contributed by atoms with Gasteiger partial charge >= 0.3 is 11.9 Å². The van der Waals surface area contributed by atoms with Crippen LogP contribution < -0.4 is 0 Å². The Bertz CT molecular complexity index is 968. The minimum absolute atomic E-state index is 0.136. The van der Waals surface area contributed by atoms with E-state index >= 15 is 0 Å². The third kappa shape index (κ3) is 39.5. The third-order valence-corrected chi connectivity index (χ3v) is 8.11. The molecule has 0 radical (unpaired) electrons. The first kappa shape index (κ1) is 47.1. The monoisotopic (exact) mass is 695 g/mol. The van der Waals surface area contributed by atoms with Gasteiger partial charge in [0.1, 0.15) is 19.3 Å². The van der Waals surface area contributed by atoms with E-state index in [1.807, 2.05) is 0 Å². The fourth-order valence-electron chi connectivity index (χ4n) is 5.08. The second-order valence-corrected chi connectivity index (χ2v) is 13.0. The van der Waals surface area contributed by atoms with Crippen molar-refractivity contribution in [1.82, 2.24) is 0 Å². The lowest BCUT2D eigenvalue weighted by molar-refractivity contribution is -0.152. The normalized spacial score (nSPS) is 13.1. The molecule has 1 atom stereocenters. The zero-order valence-electron chi connectivity index (χ0n) is 32.1. The molecule has 1 N–H and O–H groups in total. The lowest BCUT2D eigenvalue weighted by atomic mass is 10.1. The molecule has 0 aliphatic rings. The molecule has 0 aliphatic heterocycles. The molecule has 0 saturated carbocycles. The zero-order chi connectivity index (χ0) is 36.4. The molecule has 5 nitrogen and oxygen atoms in total. The van der Waals surface area contributed by atoms with Crippen molar-refractivity contribution in [2.24, 2.45) is 0 Å². The molecule has 0 rings (SSSR count). The van der Waals surface area contributed by atoms with Crippen LogP contribution in [0.2, 0.25) is 0 Å². The number of esters is 2. The molecule has 0 aromatic heterocycles. The van der Waals surface area contributed by atoms with Crippen LogP contribution in [-0.2, 0) is 19.1 Å². The van der Waals surface area contributed by atoms with Gasteiger partial charge in [0.05, 0.1) is 0 Å². The highest BCUT2D eigenvalue weighted by atomic mass is 16.6. The molecule has 0 heterocycles. The summed E-state index contributed by atoms with van der Waals surface area (Å²) >= 11 is 0. The van der Waals surface area contributed by atoms with Crippen LogP contribution in [0.5, 0.6) is 0 Å². The Balaban J connectivity index is 3.55. The summed E-state index contributed by atoms with van der Waals surface area (Å²) in [6, 6.07) is 0. The van der Waals surface area contributed by atoms with Gasteiger partial charge in [-0.05, 0) is 89.9 Å². The quantitative estimate of drug-likeness (QED) is 0.0406. The lowest BCUT2D eigenvalue weighted by Crippen LogP contribution is -2.25. The minimum atomic E-state index is -0.986. The highest BCUT2D eigenvalue weighted by Gasteiger charge is 2.12. The van der Waals surface area contributed by atoms with E-state index in [2.05, 4.69) is 98.9 Å². The van der Waals surface area contributed by atoms with Gasteiger partial charge in [-0.1, -0.05) is 150 Å². The molecule has 0 unspecified atom stereocenters. The molecule has 50 heavy (non-hydrogen) atoms. The molecule has 0 aromatic carbocycles. The van der Waals surface area contributed by atoms with Gasteiger partial charge in [-0.25, -0.2) is 0 Å². The van der Waals surface area contributed by atoms with Crippen LogP contribution in [0.4, 0.5) is 0 Å². The van der Waals surface area contributed by atoms with Crippen molar-refractivity contribution in [3.8, 4) is 0 Å². The summed E-state index contributed by atoms with van der Waals surface area (Å²) < 4.78 is 10.3. The van der Waals surface area contributed by atoms with E-state index in [0.29, 0.717) is 12.8 Å². The van der Waals surface area contributed by atoms with Crippen molar-refractivity contribution < 1.29 is 24.2 Å². The van der Waals surface area contributed by atoms with Crippen LogP contribution in [0.1, 0.15) is 168 Å². The van der Waals surface area contributed by atoms with Crippen LogP contribution in [0.15, 0.2) is 85.1 Å². The number of hydrogen-bond acceptors (Lipinski definition) is 5. The number of ether oxygens (including phenoxy) is 2. The van der Waals surface area contributed by atoms with Gasteiger partial charge in [0.15, 0.2) is 0 Å². The Morgan fingerprint density at radius 2 is 0.760 bits per heavy atom. The van der Waals surface area contributed by atoms with E-state index in [1.54, 1.807) is 0 Å². The Morgan fingerprint density at radius 1 is 0.440 bits per heavy atom. The zero-order valence-corrected chi connectivity index (χ0v) is 32.1. The van der Waals surface area contributed by atoms with E-state index in [4.69, 9.17) is 9.47 Å². The number of carbonyl (C=O) groups is 2. The van der Waals surface area contributed by atoms with Crippen LogP contribution >= 0.6 is 0 Å². The molecular weight excluding hydrogens is 620 g/mol. The highest BCUT2D eigenvalue weighted by Crippen LogP contribution is 2.11. The largest absolute Gasteiger partial charge is 0.463 e. The predicted molar refractivity (Wildman–Crippen MR) is 214 cm³/mol. The minimum Gasteiger partial charge on any atom is -0.463 e. The lowest BCUT2D eigenvalue weighted by Gasteiger charge is -2.12. The van der Waals surface area contributed by atoms with Crippen molar-refractivity contribution >= 4 is 11.9 Å². The summed E-state index contributed by atoms with van der Waals surface area (Å²) in [5.74, 6) is -0.617. The molecule has 284 valence electrons. The fourth-order valence-corrected chi connectivity index (χ4v) is 5.08. The van der Waals surface area contributed by atoms with Crippen LogP contribution in [0, 0.1) is 0 Å². The summed E-state index contributed by atoms with van der Waals surface area (Å²) in [5.41, 5.74) is 0. The first-order valence-corrected chi connectivity index (χ1v) is 20.1. The van der Waals surface area contributed by atoms with Gasteiger partial charge in [0, 0.05) is 12.8 Å². The standard InChI is InChI=1S/C45H74O5/c1-3-5-7-9-11-13-15-17-19-21-22-24-26-28-30-32-34-36-38-40-45(48)50-42-43(46)41-49-44(47)39-37-35-33-31-29-27-25-23-20-18-16-14-12-10-8-6-4-2/h5,7,11-14,17-20,22,24,28,30,43,46H,3-4,6,8-10,15-16,21,23,25-27,29,31-42H2,1-2H3/b7-5-,13-11-,14-12-,19-17-,20-18-,24-22-,30-28-/t43-/m1/s1. The SMILES string of the molecule is CC/C=C\C/C=C\C/C=C\C/C=C\C/C=C\CCCCCC(=O)OC[C@H](O)COC(=O)CCCCCCCCC/C=C\C/C=C\CCCCC. The van der Waals surface area contributed by atoms with Crippen molar-refractivity contribution in [2.45, 2.75) is 174 Å². The number of hydrogen-bond donors (Lipinski definition) is 1. The summed E-state index contributed by atoms with van der Waals surface area (Å²) in [4.78, 5) is 24.0. The van der Waals surface area contributed by atoms with E-state index < -0.39 is 6.10 Å². The first-order valence-electron chi connectivity index (χ1n) is 20.1. The molecule has 0 bridgehead atoms. The summed E-state index contributed by atoms with van der Waals surface area (Å²) in [5, 5.41) is 10.0. The summed E-state index contributed by atoms with van der Waals surface area (Å²) in [7, 11) is 0. The number of unbranched alkanes of at least 4 members (excludes halogenated alkanes) is 13. The Labute approximate surface area is 307 Å². The van der Waals surface area contributed by atoms with Gasteiger partial charge < -0.3 is 14.6 Å². The van der Waals surface area contributed by atoms with Crippen molar-refractivity contribution in [1.29, 1.82) is 0 Å². The van der Waals surface area contributed by atoms with Crippen LogP contribution in [-0.4, -0.2) is 36.4 Å². The summed E-state index contributed by atoms with van der Waals surface area (Å²) in [6.07, 6.45) is 54.9. The number of carbonyl (C=O) groups excluding carboxylic acids is 2. The Kier molecular flexibility index (Phi) is 38.1. The molecule has 5 heteroatoms. The Hall–Kier alpha value is -2.92. The topological polar surface area (TPSA) is 72.8 Å². The van der Waals surface area contributed by atoms with E-state index in [1.165, 1.54) is 51.4 Å². The van der Waals surface area contributed by atoms with E-state index in [-0.39, 0.29) is 25.2 Å². The fraction of sp³-hybridized carbons (Fsp3) is 0.644. The van der Waals surface area contributed by atoms with Crippen molar-refractivity contribution in [2.75, 3.05) is 13.2 Å². The van der Waals surface area contributed by atoms with Gasteiger partial charge in [-0.2, -0.15) is 0 Å². The number of aliphatic hydroxyl groups is 1. The van der Waals surface area contributed by atoms with E-state index in [9.17, 15) is 14.7 Å². The molecule has 0 aromatic rings. The van der Waals surface area contributed by atoms with Crippen LogP contribution in [0.25, 0.3) is 0 Å². The third-order valence-electron chi connectivity index (χ3n) is 8.11. The average molecular weight is 695 g/mol. The van der Waals surface area contributed by atoms with Gasteiger partial charge in [0.25, 0.3) is 0 Å². The number of aliphatic hydroxyl groups excluding tert-OH is 1. The van der Waals surface area contributed by atoms with Crippen LogP contribution in [0.3, 0.4) is 0 Å². The second kappa shape index (κ2) is 40.5. The molecule has 0 aliphatic carbocycles. The molecular formula is C45H74O5. The smallest absolute Gasteiger partial charge is 0.305 e. The average Bonchev–Trinajstić information content (AvgIpc) is 3.12. The maximum Gasteiger partial charge on any atom is 0.305 e. The summed E-state index contributed by atoms with van der Waals surface area (Å²) in [6.45, 7) is 4.11. The molecule has 0 amide bonds. The highest BCUT2D eigenvalue weighted by molar-refractivity contribution is 5.69. The van der Waals surface area contributed by atoms with Gasteiger partial charge in [-0.3, -0.25) is 9.59 Å². The number of allylic oxidation sites excluding steroid dienone is 14. The maximum absolute atomic E-state index is 12.0. The molecule has 0 fully saturated rings. The Morgan fingerprint density at radius 3 is 1.16 bits per heavy atom. The first-order chi connectivity index (χ1) is 24.6. The number of rotatable bonds is 35. The molecule has 0 spiro atoms. The molecule has 0 saturated heterocycles. The van der Waals surface area contributed by atoms with Crippen molar-refractivity contribution in [3.63, 3.8) is 0 Å². The maximum atomic E-state index is 12.0. The predicted octanol–water partition coefficient (Wildman–Crippen LogP) is 12.7. The van der Waals surface area contributed by atoms with Gasteiger partial charge in [0.2, 0.25) is 0 Å².